The average molecular weight is 587 g/mol. The molecule has 0 unspecified atom stereocenters. The number of nitriles is 1. The number of para-hydroxylation sites is 2. The van der Waals surface area contributed by atoms with Gasteiger partial charge >= 0.3 is 0 Å². The van der Waals surface area contributed by atoms with E-state index in [0.717, 1.165) is 44.8 Å². The van der Waals surface area contributed by atoms with Gasteiger partial charge in [0, 0.05) is 50.4 Å². The van der Waals surface area contributed by atoms with Gasteiger partial charge in [0.1, 0.15) is 0 Å². The van der Waals surface area contributed by atoms with E-state index in [1.807, 2.05) is 36.5 Å². The highest BCUT2D eigenvalue weighted by molar-refractivity contribution is 6.26. The zero-order chi connectivity index (χ0) is 30.6. The molecule has 0 aliphatic heterocycles. The van der Waals surface area contributed by atoms with Gasteiger partial charge in [0.2, 0.25) is 0 Å². The third-order valence-electron chi connectivity index (χ3n) is 9.02. The highest BCUT2D eigenvalue weighted by Crippen LogP contribution is 2.46. The molecular formula is C42H26N4. The summed E-state index contributed by atoms with van der Waals surface area (Å²) in [6, 6.07) is 55.3. The number of rotatable bonds is 5. The molecular weight excluding hydrogens is 560 g/mol. The third kappa shape index (κ3) is 3.96. The molecule has 0 saturated heterocycles. The van der Waals surface area contributed by atoms with Gasteiger partial charge in [-0.05, 0) is 83.7 Å². The van der Waals surface area contributed by atoms with Crippen molar-refractivity contribution in [3.8, 4) is 22.9 Å². The fourth-order valence-corrected chi connectivity index (χ4v) is 6.96. The van der Waals surface area contributed by atoms with Crippen molar-refractivity contribution in [3.05, 3.63) is 163 Å². The molecule has 9 aromatic rings. The normalized spacial score (nSPS) is 11.5. The number of hydrogen-bond acceptors (Lipinski definition) is 3. The standard InChI is InChI=1S/C42H26N4/c43-27-28-14-19-33(20-15-28)45(34-21-16-29(17-22-34)35-12-4-8-31-9-6-26-44-42(31)35)37-24-25-39-41-36(37)23-18-30-7-5-13-38(40(30)41)46(39)32-10-2-1-3-11-32/h1-26H. The van der Waals surface area contributed by atoms with E-state index < -0.39 is 0 Å². The summed E-state index contributed by atoms with van der Waals surface area (Å²) in [6.07, 6.45) is 1.85. The van der Waals surface area contributed by atoms with E-state index in [2.05, 4.69) is 142 Å². The lowest BCUT2D eigenvalue weighted by Crippen LogP contribution is -2.10. The van der Waals surface area contributed by atoms with E-state index in [9.17, 15) is 5.26 Å². The van der Waals surface area contributed by atoms with Crippen LogP contribution in [0.1, 0.15) is 5.56 Å². The Balaban J connectivity index is 1.27. The van der Waals surface area contributed by atoms with Crippen LogP contribution in [0.15, 0.2) is 158 Å². The van der Waals surface area contributed by atoms with Crippen molar-refractivity contribution in [3.63, 3.8) is 0 Å². The molecule has 0 aliphatic carbocycles. The van der Waals surface area contributed by atoms with Gasteiger partial charge in [-0.25, -0.2) is 0 Å². The summed E-state index contributed by atoms with van der Waals surface area (Å²) in [4.78, 5) is 6.98. The first-order valence-electron chi connectivity index (χ1n) is 15.4. The van der Waals surface area contributed by atoms with Crippen molar-refractivity contribution in [2.24, 2.45) is 0 Å². The van der Waals surface area contributed by atoms with Crippen LogP contribution in [-0.2, 0) is 0 Å². The first-order chi connectivity index (χ1) is 22.8. The van der Waals surface area contributed by atoms with Crippen molar-refractivity contribution in [2.45, 2.75) is 0 Å². The molecule has 0 spiro atoms. The maximum absolute atomic E-state index is 9.54. The number of fused-ring (bicyclic) bond motifs is 1. The van der Waals surface area contributed by atoms with Crippen LogP contribution in [0.3, 0.4) is 0 Å². The van der Waals surface area contributed by atoms with Gasteiger partial charge in [0.15, 0.2) is 0 Å². The summed E-state index contributed by atoms with van der Waals surface area (Å²) in [5, 5.41) is 15.6. The van der Waals surface area contributed by atoms with Gasteiger partial charge in [0.05, 0.1) is 33.9 Å². The SMILES string of the molecule is N#Cc1ccc(N(c2ccc(-c3cccc4cccnc34)cc2)c2ccc3c4c2ccc2cccc(c24)n3-c2ccccc2)cc1. The minimum atomic E-state index is 0.634. The van der Waals surface area contributed by atoms with Gasteiger partial charge in [-0.1, -0.05) is 78.9 Å². The lowest BCUT2D eigenvalue weighted by molar-refractivity contribution is 1.18. The number of pyridine rings is 1. The summed E-state index contributed by atoms with van der Waals surface area (Å²) in [5.41, 5.74) is 10.5. The van der Waals surface area contributed by atoms with E-state index in [4.69, 9.17) is 0 Å². The van der Waals surface area contributed by atoms with E-state index in [1.54, 1.807) is 0 Å². The Kier molecular flexibility index (Phi) is 5.84. The Morgan fingerprint density at radius 2 is 1.28 bits per heavy atom. The van der Waals surface area contributed by atoms with Gasteiger partial charge in [0.25, 0.3) is 0 Å². The van der Waals surface area contributed by atoms with Gasteiger partial charge in [-0.2, -0.15) is 5.26 Å². The molecule has 7 aromatic carbocycles. The molecule has 0 atom stereocenters. The second-order valence-corrected chi connectivity index (χ2v) is 11.6. The first-order valence-corrected chi connectivity index (χ1v) is 15.4. The fourth-order valence-electron chi connectivity index (χ4n) is 6.96. The summed E-state index contributed by atoms with van der Waals surface area (Å²) < 4.78 is 2.37. The van der Waals surface area contributed by atoms with Crippen molar-refractivity contribution >= 4 is 60.5 Å². The molecule has 2 heterocycles. The van der Waals surface area contributed by atoms with E-state index >= 15 is 0 Å². The zero-order valence-corrected chi connectivity index (χ0v) is 24.8. The van der Waals surface area contributed by atoms with Gasteiger partial charge in [-0.15, -0.1) is 0 Å². The van der Waals surface area contributed by atoms with Crippen LogP contribution in [0.4, 0.5) is 17.1 Å². The molecule has 2 aromatic heterocycles. The Labute approximate surface area is 266 Å². The van der Waals surface area contributed by atoms with Crippen molar-refractivity contribution in [1.82, 2.24) is 9.55 Å². The molecule has 46 heavy (non-hydrogen) atoms. The predicted octanol–water partition coefficient (Wildman–Crippen LogP) is 10.9. The number of hydrogen-bond donors (Lipinski definition) is 0. The lowest BCUT2D eigenvalue weighted by atomic mass is 9.99. The molecule has 0 amide bonds. The monoisotopic (exact) mass is 586 g/mol. The quantitative estimate of drug-likeness (QED) is 0.188. The molecule has 4 nitrogen and oxygen atoms in total. The second-order valence-electron chi connectivity index (χ2n) is 11.6. The predicted molar refractivity (Wildman–Crippen MR) is 190 cm³/mol. The van der Waals surface area contributed by atoms with Crippen LogP contribution in [0.2, 0.25) is 0 Å². The Bertz CT molecular complexity index is 2570. The van der Waals surface area contributed by atoms with Gasteiger partial charge < -0.3 is 9.47 Å². The van der Waals surface area contributed by atoms with Crippen LogP contribution in [0.5, 0.6) is 0 Å². The molecule has 214 valence electrons. The number of nitrogens with zero attached hydrogens (tertiary/aromatic N) is 4. The maximum atomic E-state index is 9.54. The van der Waals surface area contributed by atoms with Crippen molar-refractivity contribution in [1.29, 1.82) is 5.26 Å². The van der Waals surface area contributed by atoms with E-state index in [1.165, 1.54) is 32.6 Å². The van der Waals surface area contributed by atoms with Crippen LogP contribution in [0.25, 0.3) is 60.3 Å². The summed E-state index contributed by atoms with van der Waals surface area (Å²) >= 11 is 0. The van der Waals surface area contributed by atoms with Crippen LogP contribution in [-0.4, -0.2) is 9.55 Å². The van der Waals surface area contributed by atoms with E-state index in [0.29, 0.717) is 5.56 Å². The van der Waals surface area contributed by atoms with Crippen LogP contribution < -0.4 is 4.90 Å². The largest absolute Gasteiger partial charge is 0.310 e. The molecule has 0 fully saturated rings. The molecule has 0 bridgehead atoms. The molecule has 0 saturated carbocycles. The summed E-state index contributed by atoms with van der Waals surface area (Å²) in [6.45, 7) is 0. The van der Waals surface area contributed by atoms with Crippen LogP contribution >= 0.6 is 0 Å². The number of benzene rings is 7. The first kappa shape index (κ1) is 26.0. The highest BCUT2D eigenvalue weighted by atomic mass is 15.1. The average Bonchev–Trinajstić information content (AvgIpc) is 3.47. The minimum Gasteiger partial charge on any atom is -0.310 e. The Hall–Kier alpha value is -6.44. The van der Waals surface area contributed by atoms with Crippen LogP contribution in [0, 0.1) is 11.3 Å². The molecule has 0 aliphatic rings. The molecule has 4 heteroatoms. The smallest absolute Gasteiger partial charge is 0.0991 e. The molecule has 0 N–H and O–H groups in total. The fraction of sp³-hybridized carbons (Fsp3) is 0. The summed E-state index contributed by atoms with van der Waals surface area (Å²) in [7, 11) is 0. The molecule has 0 radical (unpaired) electrons. The highest BCUT2D eigenvalue weighted by Gasteiger charge is 2.22. The third-order valence-corrected chi connectivity index (χ3v) is 9.02. The zero-order valence-electron chi connectivity index (χ0n) is 24.8. The molecule has 9 rings (SSSR count). The second kappa shape index (κ2) is 10.3. The van der Waals surface area contributed by atoms with E-state index in [-0.39, 0.29) is 0 Å². The van der Waals surface area contributed by atoms with Crippen molar-refractivity contribution in [2.75, 3.05) is 4.90 Å². The minimum absolute atomic E-state index is 0.634. The summed E-state index contributed by atoms with van der Waals surface area (Å²) in [5.74, 6) is 0. The topological polar surface area (TPSA) is 44.9 Å². The number of anilines is 3. The Morgan fingerprint density at radius 3 is 2.09 bits per heavy atom. The van der Waals surface area contributed by atoms with Gasteiger partial charge in [-0.3, -0.25) is 4.98 Å². The Morgan fingerprint density at radius 1 is 0.565 bits per heavy atom. The maximum Gasteiger partial charge on any atom is 0.0991 e. The lowest BCUT2D eigenvalue weighted by Gasteiger charge is -2.27. The number of aromatic nitrogens is 2. The van der Waals surface area contributed by atoms with Crippen molar-refractivity contribution < 1.29 is 0 Å².